The number of piperazine rings is 1. The normalized spacial score (nSPS) is 16.9. The summed E-state index contributed by atoms with van der Waals surface area (Å²) in [5, 5.41) is 4.25. The number of aromatic nitrogens is 1. The zero-order valence-corrected chi connectivity index (χ0v) is 19.9. The fourth-order valence-electron chi connectivity index (χ4n) is 4.97. The maximum Gasteiger partial charge on any atom is 0.251 e. The molecule has 2 aliphatic rings. The Morgan fingerprint density at radius 3 is 2.62 bits per heavy atom. The van der Waals surface area contributed by atoms with E-state index in [1.165, 1.54) is 39.8 Å². The molecule has 1 aliphatic heterocycles. The number of amides is 1. The number of nitrogens with zero attached hydrogens (tertiary/aromatic N) is 3. The van der Waals surface area contributed by atoms with Gasteiger partial charge in [-0.05, 0) is 80.0 Å². The Bertz CT molecular complexity index is 1130. The molecule has 1 amide bonds. The SMILES string of the molecule is Cc1cc(C)c2sc(N3CCN(CCNC(=O)c4ccc5c(c4)CCCC5)CC3)nc2c1. The van der Waals surface area contributed by atoms with Crippen molar-refractivity contribution in [2.45, 2.75) is 39.5 Å². The van der Waals surface area contributed by atoms with Gasteiger partial charge in [0.05, 0.1) is 10.2 Å². The summed E-state index contributed by atoms with van der Waals surface area (Å²) in [6.45, 7) is 9.86. The molecule has 1 aliphatic carbocycles. The van der Waals surface area contributed by atoms with Crippen molar-refractivity contribution in [3.8, 4) is 0 Å². The molecular formula is C26H32N4OS. The molecule has 0 unspecified atom stereocenters. The maximum atomic E-state index is 12.6. The first-order chi connectivity index (χ1) is 15.6. The highest BCUT2D eigenvalue weighted by Gasteiger charge is 2.20. The summed E-state index contributed by atoms with van der Waals surface area (Å²) in [6.07, 6.45) is 4.76. The highest BCUT2D eigenvalue weighted by Crippen LogP contribution is 2.32. The van der Waals surface area contributed by atoms with E-state index in [-0.39, 0.29) is 5.91 Å². The predicted molar refractivity (Wildman–Crippen MR) is 133 cm³/mol. The van der Waals surface area contributed by atoms with Crippen LogP contribution in [0, 0.1) is 13.8 Å². The molecule has 0 atom stereocenters. The average molecular weight is 449 g/mol. The second kappa shape index (κ2) is 9.20. The standard InChI is InChI=1S/C26H32N4OS/c1-18-15-19(2)24-23(16-18)28-26(32-24)30-13-11-29(12-14-30)10-9-27-25(31)22-8-7-20-5-3-4-6-21(20)17-22/h7-8,15-17H,3-6,9-14H2,1-2H3,(H,27,31). The van der Waals surface area contributed by atoms with E-state index in [2.05, 4.69) is 53.2 Å². The summed E-state index contributed by atoms with van der Waals surface area (Å²) in [5.74, 6) is 0.0529. The van der Waals surface area contributed by atoms with E-state index >= 15 is 0 Å². The zero-order chi connectivity index (χ0) is 22.1. The van der Waals surface area contributed by atoms with Gasteiger partial charge in [0.2, 0.25) is 0 Å². The van der Waals surface area contributed by atoms with E-state index in [0.717, 1.165) is 61.8 Å². The van der Waals surface area contributed by atoms with E-state index in [0.29, 0.717) is 6.54 Å². The highest BCUT2D eigenvalue weighted by molar-refractivity contribution is 7.22. The van der Waals surface area contributed by atoms with Gasteiger partial charge in [0, 0.05) is 44.8 Å². The second-order valence-electron chi connectivity index (χ2n) is 9.20. The van der Waals surface area contributed by atoms with Gasteiger partial charge in [-0.3, -0.25) is 9.69 Å². The number of hydrogen-bond acceptors (Lipinski definition) is 5. The van der Waals surface area contributed by atoms with Gasteiger partial charge in [-0.1, -0.05) is 23.5 Å². The molecule has 5 nitrogen and oxygen atoms in total. The van der Waals surface area contributed by atoms with Crippen molar-refractivity contribution in [1.29, 1.82) is 0 Å². The highest BCUT2D eigenvalue weighted by atomic mass is 32.1. The van der Waals surface area contributed by atoms with Crippen LogP contribution in [0.5, 0.6) is 0 Å². The minimum Gasteiger partial charge on any atom is -0.351 e. The molecule has 3 aromatic rings. The van der Waals surface area contributed by atoms with Gasteiger partial charge in [-0.25, -0.2) is 4.98 Å². The number of carbonyl (C=O) groups excluding carboxylic acids is 1. The first-order valence-corrected chi connectivity index (χ1v) is 12.6. The molecule has 6 heteroatoms. The molecule has 0 bridgehead atoms. The Morgan fingerprint density at radius 1 is 1.03 bits per heavy atom. The van der Waals surface area contributed by atoms with Crippen molar-refractivity contribution >= 4 is 32.6 Å². The van der Waals surface area contributed by atoms with Gasteiger partial charge >= 0.3 is 0 Å². The van der Waals surface area contributed by atoms with Gasteiger partial charge < -0.3 is 10.2 Å². The van der Waals surface area contributed by atoms with Crippen molar-refractivity contribution in [1.82, 2.24) is 15.2 Å². The zero-order valence-electron chi connectivity index (χ0n) is 19.1. The molecule has 1 saturated heterocycles. The molecular weight excluding hydrogens is 416 g/mol. The minimum atomic E-state index is 0.0529. The summed E-state index contributed by atoms with van der Waals surface area (Å²) in [5.41, 5.74) is 7.29. The van der Waals surface area contributed by atoms with E-state index < -0.39 is 0 Å². The minimum absolute atomic E-state index is 0.0529. The first-order valence-electron chi connectivity index (χ1n) is 11.8. The lowest BCUT2D eigenvalue weighted by atomic mass is 9.90. The molecule has 1 aromatic heterocycles. The number of nitrogens with one attached hydrogen (secondary N) is 1. The predicted octanol–water partition coefficient (Wildman–Crippen LogP) is 4.34. The Hall–Kier alpha value is -2.44. The molecule has 1 fully saturated rings. The van der Waals surface area contributed by atoms with E-state index in [9.17, 15) is 4.79 Å². The number of hydrogen-bond donors (Lipinski definition) is 1. The van der Waals surface area contributed by atoms with Crippen LogP contribution in [-0.4, -0.2) is 55.1 Å². The lowest BCUT2D eigenvalue weighted by molar-refractivity contribution is 0.0947. The summed E-state index contributed by atoms with van der Waals surface area (Å²) in [7, 11) is 0. The van der Waals surface area contributed by atoms with Gasteiger partial charge in [0.25, 0.3) is 5.91 Å². The van der Waals surface area contributed by atoms with Crippen molar-refractivity contribution in [3.05, 3.63) is 58.1 Å². The Morgan fingerprint density at radius 2 is 1.81 bits per heavy atom. The second-order valence-corrected chi connectivity index (χ2v) is 10.2. The molecule has 1 N–H and O–H groups in total. The lowest BCUT2D eigenvalue weighted by Gasteiger charge is -2.34. The van der Waals surface area contributed by atoms with Crippen LogP contribution in [0.25, 0.3) is 10.2 Å². The Kier molecular flexibility index (Phi) is 6.15. The largest absolute Gasteiger partial charge is 0.351 e. The number of rotatable bonds is 5. The molecule has 2 aromatic carbocycles. The van der Waals surface area contributed by atoms with Crippen LogP contribution in [-0.2, 0) is 12.8 Å². The summed E-state index contributed by atoms with van der Waals surface area (Å²) < 4.78 is 1.30. The molecule has 0 saturated carbocycles. The molecule has 168 valence electrons. The first kappa shape index (κ1) is 21.4. The molecule has 0 spiro atoms. The molecule has 32 heavy (non-hydrogen) atoms. The van der Waals surface area contributed by atoms with Crippen LogP contribution in [0.1, 0.15) is 45.5 Å². The van der Waals surface area contributed by atoms with Crippen molar-refractivity contribution < 1.29 is 4.79 Å². The van der Waals surface area contributed by atoms with Gasteiger partial charge in [-0.15, -0.1) is 0 Å². The van der Waals surface area contributed by atoms with Gasteiger partial charge in [0.1, 0.15) is 0 Å². The van der Waals surface area contributed by atoms with Crippen molar-refractivity contribution in [2.24, 2.45) is 0 Å². The molecule has 5 rings (SSSR count). The summed E-state index contributed by atoms with van der Waals surface area (Å²) in [4.78, 5) is 22.3. The van der Waals surface area contributed by atoms with E-state index in [1.807, 2.05) is 17.4 Å². The van der Waals surface area contributed by atoms with Crippen molar-refractivity contribution in [2.75, 3.05) is 44.2 Å². The third-order valence-corrected chi connectivity index (χ3v) is 8.04. The Balaban J connectivity index is 1.11. The number of fused-ring (bicyclic) bond motifs is 2. The lowest BCUT2D eigenvalue weighted by Crippen LogP contribution is -2.48. The van der Waals surface area contributed by atoms with Gasteiger partial charge in [0.15, 0.2) is 5.13 Å². The van der Waals surface area contributed by atoms with Crippen LogP contribution in [0.2, 0.25) is 0 Å². The van der Waals surface area contributed by atoms with E-state index in [1.54, 1.807) is 0 Å². The van der Waals surface area contributed by atoms with Crippen LogP contribution in [0.15, 0.2) is 30.3 Å². The molecule has 0 radical (unpaired) electrons. The molecule has 2 heterocycles. The fraction of sp³-hybridized carbons (Fsp3) is 0.462. The topological polar surface area (TPSA) is 48.5 Å². The van der Waals surface area contributed by atoms with Crippen LogP contribution in [0.3, 0.4) is 0 Å². The van der Waals surface area contributed by atoms with Crippen LogP contribution in [0.4, 0.5) is 5.13 Å². The average Bonchev–Trinajstić information content (AvgIpc) is 3.23. The number of aryl methyl sites for hydroxylation is 4. The smallest absolute Gasteiger partial charge is 0.251 e. The summed E-state index contributed by atoms with van der Waals surface area (Å²) in [6, 6.07) is 10.7. The number of anilines is 1. The third-order valence-electron chi connectivity index (χ3n) is 6.78. The van der Waals surface area contributed by atoms with Crippen LogP contribution >= 0.6 is 11.3 Å². The van der Waals surface area contributed by atoms with E-state index in [4.69, 9.17) is 4.98 Å². The Labute approximate surface area is 194 Å². The van der Waals surface area contributed by atoms with Gasteiger partial charge in [-0.2, -0.15) is 0 Å². The monoisotopic (exact) mass is 448 g/mol. The van der Waals surface area contributed by atoms with Crippen molar-refractivity contribution in [3.63, 3.8) is 0 Å². The maximum absolute atomic E-state index is 12.6. The fourth-order valence-corrected chi connectivity index (χ4v) is 6.03. The number of carbonyl (C=O) groups is 1. The van der Waals surface area contributed by atoms with Crippen LogP contribution < -0.4 is 10.2 Å². The number of benzene rings is 2. The number of thiazole rings is 1. The third kappa shape index (κ3) is 4.52. The quantitative estimate of drug-likeness (QED) is 0.631. The summed E-state index contributed by atoms with van der Waals surface area (Å²) >= 11 is 1.81.